The van der Waals surface area contributed by atoms with E-state index >= 15 is 0 Å². The van der Waals surface area contributed by atoms with Crippen molar-refractivity contribution in [3.05, 3.63) is 58.6 Å². The molecule has 0 radical (unpaired) electrons. The predicted octanol–water partition coefficient (Wildman–Crippen LogP) is 3.52. The Labute approximate surface area is 199 Å². The standard InChI is InChI=1S/C22H23N5O4S2/c1-4-31-20(28)17-15(12-33-22-26-25-19(27(22)2)16-6-5-11-32-16)23-21(29)24-18(17)13-7-9-14(30-3)10-8-13/h5-11,18H,4,12H2,1-3H3,(H2,23,24,29). The van der Waals surface area contributed by atoms with Crippen LogP contribution in [0.4, 0.5) is 4.79 Å². The van der Waals surface area contributed by atoms with Gasteiger partial charge in [-0.3, -0.25) is 0 Å². The van der Waals surface area contributed by atoms with Gasteiger partial charge in [0.25, 0.3) is 0 Å². The lowest BCUT2D eigenvalue weighted by atomic mass is 9.95. The van der Waals surface area contributed by atoms with E-state index < -0.39 is 18.0 Å². The maximum Gasteiger partial charge on any atom is 0.338 e. The van der Waals surface area contributed by atoms with Crippen molar-refractivity contribution in [2.75, 3.05) is 19.5 Å². The van der Waals surface area contributed by atoms with Crippen molar-refractivity contribution >= 4 is 35.1 Å². The SMILES string of the molecule is CCOC(=O)C1=C(CSc2nnc(-c3cccs3)n2C)NC(=O)NC1c1ccc(OC)cc1. The van der Waals surface area contributed by atoms with Crippen molar-refractivity contribution in [1.82, 2.24) is 25.4 Å². The maximum atomic E-state index is 12.9. The molecule has 3 aromatic rings. The zero-order valence-electron chi connectivity index (χ0n) is 18.3. The number of carbonyl (C=O) groups excluding carboxylic acids is 2. The van der Waals surface area contributed by atoms with Gasteiger partial charge in [0.2, 0.25) is 0 Å². The van der Waals surface area contributed by atoms with Gasteiger partial charge < -0.3 is 24.7 Å². The molecule has 1 aliphatic rings. The molecule has 0 saturated heterocycles. The van der Waals surface area contributed by atoms with Crippen molar-refractivity contribution in [2.45, 2.75) is 18.1 Å². The number of nitrogens with zero attached hydrogens (tertiary/aromatic N) is 3. The molecule has 1 atom stereocenters. The molecule has 9 nitrogen and oxygen atoms in total. The Hall–Kier alpha value is -3.31. The van der Waals surface area contributed by atoms with E-state index in [1.54, 1.807) is 37.5 Å². The number of benzene rings is 1. The first kappa shape index (κ1) is 22.9. The van der Waals surface area contributed by atoms with Crippen LogP contribution in [0.3, 0.4) is 0 Å². The lowest BCUT2D eigenvalue weighted by Crippen LogP contribution is -2.46. The highest BCUT2D eigenvalue weighted by Crippen LogP contribution is 2.32. The second kappa shape index (κ2) is 10.1. The molecule has 0 fully saturated rings. The van der Waals surface area contributed by atoms with E-state index in [-0.39, 0.29) is 6.61 Å². The van der Waals surface area contributed by atoms with E-state index in [2.05, 4.69) is 20.8 Å². The molecular weight excluding hydrogens is 462 g/mol. The summed E-state index contributed by atoms with van der Waals surface area (Å²) in [5.74, 6) is 1.27. The van der Waals surface area contributed by atoms with Crippen molar-refractivity contribution in [3.63, 3.8) is 0 Å². The number of urea groups is 1. The molecule has 2 aromatic heterocycles. The number of methoxy groups -OCH3 is 1. The van der Waals surface area contributed by atoms with Crippen LogP contribution < -0.4 is 15.4 Å². The summed E-state index contributed by atoms with van der Waals surface area (Å²) in [7, 11) is 3.47. The van der Waals surface area contributed by atoms with Crippen LogP contribution in [0.5, 0.6) is 5.75 Å². The molecule has 33 heavy (non-hydrogen) atoms. The molecule has 0 spiro atoms. The van der Waals surface area contributed by atoms with Gasteiger partial charge in [0.15, 0.2) is 11.0 Å². The van der Waals surface area contributed by atoms with Gasteiger partial charge in [0, 0.05) is 18.5 Å². The number of hydrogen-bond donors (Lipinski definition) is 2. The Kier molecular flexibility index (Phi) is 6.99. The highest BCUT2D eigenvalue weighted by atomic mass is 32.2. The summed E-state index contributed by atoms with van der Waals surface area (Å²) in [6.45, 7) is 1.97. The summed E-state index contributed by atoms with van der Waals surface area (Å²) in [5, 5.41) is 16.8. The van der Waals surface area contributed by atoms with Crippen molar-refractivity contribution in [3.8, 4) is 16.5 Å². The van der Waals surface area contributed by atoms with Crippen molar-refractivity contribution in [2.24, 2.45) is 7.05 Å². The third-order valence-corrected chi connectivity index (χ3v) is 6.93. The number of amides is 2. The first-order valence-electron chi connectivity index (χ1n) is 10.2. The summed E-state index contributed by atoms with van der Waals surface area (Å²) in [6.07, 6.45) is 0. The largest absolute Gasteiger partial charge is 0.497 e. The summed E-state index contributed by atoms with van der Waals surface area (Å²) < 4.78 is 12.4. The third kappa shape index (κ3) is 4.88. The number of esters is 1. The molecule has 0 saturated carbocycles. The van der Waals surface area contributed by atoms with Crippen molar-refractivity contribution in [1.29, 1.82) is 0 Å². The lowest BCUT2D eigenvalue weighted by molar-refractivity contribution is -0.139. The van der Waals surface area contributed by atoms with Gasteiger partial charge in [-0.15, -0.1) is 21.5 Å². The monoisotopic (exact) mass is 485 g/mol. The Bertz CT molecular complexity index is 1170. The number of thiophene rings is 1. The van der Waals surface area contributed by atoms with Gasteiger partial charge in [0.05, 0.1) is 30.2 Å². The van der Waals surface area contributed by atoms with Crippen molar-refractivity contribution < 1.29 is 19.1 Å². The molecule has 172 valence electrons. The van der Waals surface area contributed by atoms with Crippen LogP contribution in [0.25, 0.3) is 10.7 Å². The molecular formula is C22H23N5O4S2. The van der Waals surface area contributed by atoms with Crippen LogP contribution in [0.1, 0.15) is 18.5 Å². The molecule has 1 aliphatic heterocycles. The first-order chi connectivity index (χ1) is 16.0. The third-order valence-electron chi connectivity index (χ3n) is 5.02. The number of thioether (sulfide) groups is 1. The second-order valence-electron chi connectivity index (χ2n) is 7.05. The average Bonchev–Trinajstić information content (AvgIpc) is 3.47. The van der Waals surface area contributed by atoms with Gasteiger partial charge in [-0.05, 0) is 36.1 Å². The van der Waals surface area contributed by atoms with E-state index in [1.165, 1.54) is 11.8 Å². The minimum absolute atomic E-state index is 0.222. The lowest BCUT2D eigenvalue weighted by Gasteiger charge is -2.29. The zero-order valence-corrected chi connectivity index (χ0v) is 20.0. The van der Waals surface area contributed by atoms with Gasteiger partial charge in [-0.2, -0.15) is 0 Å². The number of rotatable bonds is 8. The molecule has 0 aliphatic carbocycles. The summed E-state index contributed by atoms with van der Waals surface area (Å²) in [6, 6.07) is 10.1. The molecule has 0 bridgehead atoms. The quantitative estimate of drug-likeness (QED) is 0.371. The first-order valence-corrected chi connectivity index (χ1v) is 12.1. The van der Waals surface area contributed by atoms with Crippen LogP contribution in [0.2, 0.25) is 0 Å². The van der Waals surface area contributed by atoms with E-state index in [0.717, 1.165) is 16.3 Å². The van der Waals surface area contributed by atoms with E-state index in [1.807, 2.05) is 41.3 Å². The number of carbonyl (C=O) groups is 2. The summed E-state index contributed by atoms with van der Waals surface area (Å²) in [5.41, 5.74) is 1.58. The molecule has 3 heterocycles. The molecule has 4 rings (SSSR count). The molecule has 2 amide bonds. The van der Waals surface area contributed by atoms with Crippen LogP contribution >= 0.6 is 23.1 Å². The molecule has 11 heteroatoms. The zero-order chi connectivity index (χ0) is 23.4. The number of nitrogens with one attached hydrogen (secondary N) is 2. The Morgan fingerprint density at radius 2 is 2.03 bits per heavy atom. The van der Waals surface area contributed by atoms with Crippen LogP contribution in [-0.2, 0) is 16.6 Å². The van der Waals surface area contributed by atoms with Gasteiger partial charge >= 0.3 is 12.0 Å². The highest BCUT2D eigenvalue weighted by Gasteiger charge is 2.34. The highest BCUT2D eigenvalue weighted by molar-refractivity contribution is 7.99. The minimum Gasteiger partial charge on any atom is -0.497 e. The van der Waals surface area contributed by atoms with Gasteiger partial charge in [-0.25, -0.2) is 9.59 Å². The Balaban J connectivity index is 1.65. The fourth-order valence-corrected chi connectivity index (χ4v) is 5.05. The predicted molar refractivity (Wildman–Crippen MR) is 126 cm³/mol. The van der Waals surface area contributed by atoms with Crippen LogP contribution in [-0.4, -0.2) is 46.2 Å². The maximum absolute atomic E-state index is 12.9. The Morgan fingerprint density at radius 1 is 1.24 bits per heavy atom. The van der Waals surface area contributed by atoms with Gasteiger partial charge in [-0.1, -0.05) is 30.0 Å². The fraction of sp³-hybridized carbons (Fsp3) is 0.273. The second-order valence-corrected chi connectivity index (χ2v) is 8.94. The summed E-state index contributed by atoms with van der Waals surface area (Å²) in [4.78, 5) is 26.4. The fourth-order valence-electron chi connectivity index (χ4n) is 3.43. The number of hydrogen-bond acceptors (Lipinski definition) is 8. The van der Waals surface area contributed by atoms with Crippen LogP contribution in [0, 0.1) is 0 Å². The van der Waals surface area contributed by atoms with Crippen LogP contribution in [0.15, 0.2) is 58.2 Å². The topological polar surface area (TPSA) is 107 Å². The smallest absolute Gasteiger partial charge is 0.338 e. The Morgan fingerprint density at radius 3 is 2.70 bits per heavy atom. The molecule has 1 unspecified atom stereocenters. The molecule has 2 N–H and O–H groups in total. The average molecular weight is 486 g/mol. The van der Waals surface area contributed by atoms with Gasteiger partial charge in [0.1, 0.15) is 5.75 Å². The van der Waals surface area contributed by atoms with E-state index in [9.17, 15) is 9.59 Å². The minimum atomic E-state index is -0.652. The number of aromatic nitrogens is 3. The van der Waals surface area contributed by atoms with E-state index in [0.29, 0.717) is 27.9 Å². The number of ether oxygens (including phenoxy) is 2. The normalized spacial score (nSPS) is 15.7. The van der Waals surface area contributed by atoms with E-state index in [4.69, 9.17) is 9.47 Å². The summed E-state index contributed by atoms with van der Waals surface area (Å²) >= 11 is 2.96. The molecule has 1 aromatic carbocycles.